The van der Waals surface area contributed by atoms with Gasteiger partial charge in [-0.2, -0.15) is 0 Å². The van der Waals surface area contributed by atoms with Crippen LogP contribution in [0, 0.1) is 11.7 Å². The van der Waals surface area contributed by atoms with E-state index in [1.54, 1.807) is 12.1 Å². The first-order valence-corrected chi connectivity index (χ1v) is 7.91. The van der Waals surface area contributed by atoms with Crippen LogP contribution in [-0.2, 0) is 6.42 Å². The summed E-state index contributed by atoms with van der Waals surface area (Å²) in [5, 5.41) is 13.3. The molecule has 0 saturated heterocycles. The largest absolute Gasteiger partial charge is 0.488 e. The van der Waals surface area contributed by atoms with Crippen LogP contribution in [0.5, 0.6) is 5.75 Å². The molecular weight excluding hydrogens is 269 g/mol. The molecule has 2 aliphatic rings. The van der Waals surface area contributed by atoms with E-state index >= 15 is 0 Å². The molecule has 0 bridgehead atoms. The minimum atomic E-state index is -0.209. The van der Waals surface area contributed by atoms with E-state index in [2.05, 4.69) is 12.2 Å². The average Bonchev–Trinajstić information content (AvgIpc) is 2.89. The first-order valence-electron chi connectivity index (χ1n) is 7.91. The molecule has 21 heavy (non-hydrogen) atoms. The Morgan fingerprint density at radius 3 is 2.86 bits per heavy atom. The minimum absolute atomic E-state index is 0.0320. The third-order valence-electron chi connectivity index (χ3n) is 5.00. The molecule has 1 aliphatic carbocycles. The fourth-order valence-corrected chi connectivity index (χ4v) is 3.44. The Labute approximate surface area is 125 Å². The maximum Gasteiger partial charge on any atom is 0.123 e. The van der Waals surface area contributed by atoms with Crippen molar-refractivity contribution in [3.63, 3.8) is 0 Å². The molecule has 1 aliphatic heterocycles. The first-order chi connectivity index (χ1) is 10.1. The van der Waals surface area contributed by atoms with E-state index in [0.29, 0.717) is 6.54 Å². The predicted octanol–water partition coefficient (Wildman–Crippen LogP) is 2.66. The van der Waals surface area contributed by atoms with Gasteiger partial charge in [-0.15, -0.1) is 0 Å². The molecule has 0 amide bonds. The molecule has 1 fully saturated rings. The van der Waals surface area contributed by atoms with Gasteiger partial charge in [-0.25, -0.2) is 4.39 Å². The van der Waals surface area contributed by atoms with E-state index in [1.165, 1.54) is 6.07 Å². The van der Waals surface area contributed by atoms with E-state index in [1.807, 2.05) is 0 Å². The quantitative estimate of drug-likeness (QED) is 0.897. The number of benzene rings is 1. The number of hydrogen-bond donors (Lipinski definition) is 2. The highest BCUT2D eigenvalue weighted by Gasteiger charge is 2.34. The second-order valence-corrected chi connectivity index (χ2v) is 6.70. The van der Waals surface area contributed by atoms with E-state index in [4.69, 9.17) is 4.74 Å². The number of fused-ring (bicyclic) bond motifs is 1. The van der Waals surface area contributed by atoms with Crippen molar-refractivity contribution < 1.29 is 14.2 Å². The van der Waals surface area contributed by atoms with E-state index in [0.717, 1.165) is 49.3 Å². The second kappa shape index (κ2) is 5.93. The standard InChI is InChI=1S/C17H24FNO2/c1-12-4-6-17(11-20,7-5-12)19-10-15-9-13-8-14(18)2-3-16(13)21-15/h2-3,8,12,15,19-20H,4-7,9-11H2,1H3. The molecule has 1 unspecified atom stereocenters. The highest BCUT2D eigenvalue weighted by atomic mass is 19.1. The van der Waals surface area contributed by atoms with Crippen molar-refractivity contribution in [3.05, 3.63) is 29.6 Å². The molecule has 1 heterocycles. The lowest BCUT2D eigenvalue weighted by Crippen LogP contribution is -2.53. The highest BCUT2D eigenvalue weighted by Crippen LogP contribution is 2.33. The van der Waals surface area contributed by atoms with Crippen molar-refractivity contribution in [2.24, 2.45) is 5.92 Å². The zero-order valence-corrected chi connectivity index (χ0v) is 12.6. The van der Waals surface area contributed by atoms with Crippen LogP contribution in [-0.4, -0.2) is 29.9 Å². The zero-order chi connectivity index (χ0) is 14.9. The van der Waals surface area contributed by atoms with Gasteiger partial charge in [-0.05, 0) is 49.8 Å². The maximum atomic E-state index is 13.2. The molecular formula is C17H24FNO2. The van der Waals surface area contributed by atoms with Gasteiger partial charge in [0.1, 0.15) is 17.7 Å². The number of aliphatic hydroxyl groups is 1. The summed E-state index contributed by atoms with van der Waals surface area (Å²) in [6.07, 6.45) is 5.11. The fourth-order valence-electron chi connectivity index (χ4n) is 3.44. The van der Waals surface area contributed by atoms with Gasteiger partial charge >= 0.3 is 0 Å². The summed E-state index contributed by atoms with van der Waals surface area (Å²) in [5.74, 6) is 1.33. The van der Waals surface area contributed by atoms with Crippen LogP contribution in [0.25, 0.3) is 0 Å². The highest BCUT2D eigenvalue weighted by molar-refractivity contribution is 5.37. The SMILES string of the molecule is CC1CCC(CO)(NCC2Cc3cc(F)ccc3O2)CC1. The number of hydrogen-bond acceptors (Lipinski definition) is 3. The zero-order valence-electron chi connectivity index (χ0n) is 12.6. The average molecular weight is 293 g/mol. The summed E-state index contributed by atoms with van der Waals surface area (Å²) in [5.41, 5.74) is 0.785. The molecule has 1 atom stereocenters. The summed E-state index contributed by atoms with van der Waals surface area (Å²) >= 11 is 0. The topological polar surface area (TPSA) is 41.5 Å². The fraction of sp³-hybridized carbons (Fsp3) is 0.647. The molecule has 0 spiro atoms. The number of ether oxygens (including phenoxy) is 1. The van der Waals surface area contributed by atoms with Crippen molar-refractivity contribution in [3.8, 4) is 5.75 Å². The molecule has 3 nitrogen and oxygen atoms in total. The van der Waals surface area contributed by atoms with E-state index in [-0.39, 0.29) is 24.1 Å². The van der Waals surface area contributed by atoms with Crippen LogP contribution in [0.2, 0.25) is 0 Å². The molecule has 0 aromatic heterocycles. The second-order valence-electron chi connectivity index (χ2n) is 6.70. The summed E-state index contributed by atoms with van der Waals surface area (Å²) in [4.78, 5) is 0. The van der Waals surface area contributed by atoms with E-state index in [9.17, 15) is 9.50 Å². The molecule has 2 N–H and O–H groups in total. The van der Waals surface area contributed by atoms with Gasteiger partial charge in [0.15, 0.2) is 0 Å². The molecule has 4 heteroatoms. The Kier molecular flexibility index (Phi) is 4.18. The first kappa shape index (κ1) is 14.8. The van der Waals surface area contributed by atoms with Crippen LogP contribution in [0.3, 0.4) is 0 Å². The van der Waals surface area contributed by atoms with Gasteiger partial charge in [0.25, 0.3) is 0 Å². The van der Waals surface area contributed by atoms with Crippen molar-refractivity contribution >= 4 is 0 Å². The Hall–Kier alpha value is -1.13. The Morgan fingerprint density at radius 1 is 1.38 bits per heavy atom. The van der Waals surface area contributed by atoms with Crippen molar-refractivity contribution in [1.29, 1.82) is 0 Å². The third-order valence-corrected chi connectivity index (χ3v) is 5.00. The molecule has 0 radical (unpaired) electrons. The van der Waals surface area contributed by atoms with Gasteiger partial charge in [0.05, 0.1) is 6.61 Å². The number of aliphatic hydroxyl groups excluding tert-OH is 1. The number of nitrogens with one attached hydrogen (secondary N) is 1. The summed E-state index contributed by atoms with van der Waals surface area (Å²) < 4.78 is 19.1. The smallest absolute Gasteiger partial charge is 0.123 e. The lowest BCUT2D eigenvalue weighted by atomic mass is 9.77. The van der Waals surface area contributed by atoms with Crippen molar-refractivity contribution in [2.75, 3.05) is 13.2 Å². The van der Waals surface area contributed by atoms with Crippen LogP contribution in [0.1, 0.15) is 38.2 Å². The van der Waals surface area contributed by atoms with Gasteiger partial charge < -0.3 is 15.2 Å². The lowest BCUT2D eigenvalue weighted by molar-refractivity contribution is 0.0926. The van der Waals surface area contributed by atoms with Gasteiger partial charge in [0, 0.05) is 24.1 Å². The van der Waals surface area contributed by atoms with Crippen molar-refractivity contribution in [1.82, 2.24) is 5.32 Å². The summed E-state index contributed by atoms with van der Waals surface area (Å²) in [6.45, 7) is 3.14. The van der Waals surface area contributed by atoms with E-state index < -0.39 is 0 Å². The van der Waals surface area contributed by atoms with Gasteiger partial charge in [0.2, 0.25) is 0 Å². The maximum absolute atomic E-state index is 13.2. The molecule has 1 aromatic rings. The van der Waals surface area contributed by atoms with Gasteiger partial charge in [-0.1, -0.05) is 6.92 Å². The van der Waals surface area contributed by atoms with Crippen molar-refractivity contribution in [2.45, 2.75) is 50.7 Å². The number of rotatable bonds is 4. The third kappa shape index (κ3) is 3.22. The molecule has 116 valence electrons. The predicted molar refractivity (Wildman–Crippen MR) is 80.0 cm³/mol. The molecule has 1 aromatic carbocycles. The molecule has 3 rings (SSSR count). The lowest BCUT2D eigenvalue weighted by Gasteiger charge is -2.39. The Morgan fingerprint density at radius 2 is 2.14 bits per heavy atom. The molecule has 1 saturated carbocycles. The summed E-state index contributed by atoms with van der Waals surface area (Å²) in [6, 6.07) is 4.70. The monoisotopic (exact) mass is 293 g/mol. The Bertz CT molecular complexity index is 498. The van der Waals surface area contributed by atoms with Crippen LogP contribution >= 0.6 is 0 Å². The Balaban J connectivity index is 1.56. The van der Waals surface area contributed by atoms with Crippen LogP contribution < -0.4 is 10.1 Å². The van der Waals surface area contributed by atoms with Gasteiger partial charge in [-0.3, -0.25) is 0 Å². The number of halogens is 1. The van der Waals surface area contributed by atoms with Crippen LogP contribution in [0.15, 0.2) is 18.2 Å². The normalized spacial score (nSPS) is 31.8. The minimum Gasteiger partial charge on any atom is -0.488 e. The van der Waals surface area contributed by atoms with Crippen LogP contribution in [0.4, 0.5) is 4.39 Å². The summed E-state index contributed by atoms with van der Waals surface area (Å²) in [7, 11) is 0.